The van der Waals surface area contributed by atoms with Gasteiger partial charge in [-0.1, -0.05) is 6.92 Å². The topological polar surface area (TPSA) is 41.5 Å². The van der Waals surface area contributed by atoms with E-state index >= 15 is 0 Å². The lowest BCUT2D eigenvalue weighted by molar-refractivity contribution is 0.214. The van der Waals surface area contributed by atoms with E-state index in [4.69, 9.17) is 9.84 Å². The van der Waals surface area contributed by atoms with Gasteiger partial charge in [-0.3, -0.25) is 0 Å². The van der Waals surface area contributed by atoms with Crippen molar-refractivity contribution in [3.63, 3.8) is 0 Å². The Hall–Kier alpha value is -0.100. The highest BCUT2D eigenvalue weighted by atomic mass is 79.9. The number of aliphatic hydroxyl groups excluding tert-OH is 1. The van der Waals surface area contributed by atoms with E-state index in [0.717, 1.165) is 34.1 Å². The molecule has 0 saturated heterocycles. The van der Waals surface area contributed by atoms with Crippen molar-refractivity contribution in [3.05, 3.63) is 26.6 Å². The summed E-state index contributed by atoms with van der Waals surface area (Å²) in [6.07, 6.45) is 1.73. The average Bonchev–Trinajstić information content (AvgIpc) is 2.41. The summed E-state index contributed by atoms with van der Waals surface area (Å²) < 4.78 is 7.48. The van der Waals surface area contributed by atoms with Crippen molar-refractivity contribution in [1.29, 1.82) is 0 Å². The van der Waals surface area contributed by atoms with Gasteiger partial charge in [-0.15, -0.1) is 0 Å². The standard InChI is InChI=1S/C15H23Br2NO2/c1-4-15(3,6-7-19)18-10-11-8-12(16)14(20-5-2)13(17)9-11/h8-9,18-19H,4-7,10H2,1-3H3. The molecule has 0 saturated carbocycles. The molecule has 0 heterocycles. The molecule has 0 amide bonds. The molecule has 2 N–H and O–H groups in total. The smallest absolute Gasteiger partial charge is 0.147 e. The largest absolute Gasteiger partial charge is 0.492 e. The molecule has 0 bridgehead atoms. The summed E-state index contributed by atoms with van der Waals surface area (Å²) in [7, 11) is 0. The highest BCUT2D eigenvalue weighted by molar-refractivity contribution is 9.11. The fourth-order valence-corrected chi connectivity index (χ4v) is 3.46. The van der Waals surface area contributed by atoms with E-state index in [1.807, 2.05) is 6.92 Å². The van der Waals surface area contributed by atoms with E-state index in [1.54, 1.807) is 0 Å². The zero-order valence-electron chi connectivity index (χ0n) is 12.3. The third kappa shape index (κ3) is 5.02. The quantitative estimate of drug-likeness (QED) is 0.675. The molecule has 0 radical (unpaired) electrons. The van der Waals surface area contributed by atoms with Crippen LogP contribution >= 0.6 is 31.9 Å². The molecule has 1 aromatic carbocycles. The number of rotatable bonds is 8. The maximum atomic E-state index is 9.14. The zero-order valence-corrected chi connectivity index (χ0v) is 15.5. The lowest BCUT2D eigenvalue weighted by Gasteiger charge is -2.29. The SMILES string of the molecule is CCOc1c(Br)cc(CNC(C)(CC)CCO)cc1Br. The van der Waals surface area contributed by atoms with Gasteiger partial charge in [-0.25, -0.2) is 0 Å². The lowest BCUT2D eigenvalue weighted by Crippen LogP contribution is -2.42. The molecule has 1 aromatic rings. The normalized spacial score (nSPS) is 14.1. The third-order valence-corrected chi connectivity index (χ3v) is 4.69. The summed E-state index contributed by atoms with van der Waals surface area (Å²) in [5, 5.41) is 12.7. The van der Waals surface area contributed by atoms with Crippen LogP contribution in [-0.2, 0) is 6.54 Å². The lowest BCUT2D eigenvalue weighted by atomic mass is 9.94. The van der Waals surface area contributed by atoms with Crippen LogP contribution in [0.2, 0.25) is 0 Å². The van der Waals surface area contributed by atoms with Gasteiger partial charge in [0.1, 0.15) is 5.75 Å². The Kier molecular flexibility index (Phi) is 7.51. The van der Waals surface area contributed by atoms with Crippen LogP contribution in [0.5, 0.6) is 5.75 Å². The first-order chi connectivity index (χ1) is 9.45. The van der Waals surface area contributed by atoms with Gasteiger partial charge >= 0.3 is 0 Å². The molecule has 0 spiro atoms. The van der Waals surface area contributed by atoms with Crippen molar-refractivity contribution in [3.8, 4) is 5.75 Å². The minimum atomic E-state index is -0.0354. The summed E-state index contributed by atoms with van der Waals surface area (Å²) >= 11 is 7.09. The van der Waals surface area contributed by atoms with Crippen LogP contribution in [0.15, 0.2) is 21.1 Å². The summed E-state index contributed by atoms with van der Waals surface area (Å²) in [6.45, 7) is 7.84. The van der Waals surface area contributed by atoms with E-state index in [0.29, 0.717) is 6.61 Å². The number of hydrogen-bond donors (Lipinski definition) is 2. The highest BCUT2D eigenvalue weighted by Crippen LogP contribution is 2.35. The van der Waals surface area contributed by atoms with Crippen LogP contribution in [0.4, 0.5) is 0 Å². The molecule has 0 aliphatic heterocycles. The Morgan fingerprint density at radius 2 is 1.85 bits per heavy atom. The Morgan fingerprint density at radius 3 is 2.30 bits per heavy atom. The molecule has 1 unspecified atom stereocenters. The monoisotopic (exact) mass is 407 g/mol. The van der Waals surface area contributed by atoms with Crippen LogP contribution in [0.3, 0.4) is 0 Å². The molecule has 0 aromatic heterocycles. The molecule has 0 fully saturated rings. The van der Waals surface area contributed by atoms with E-state index in [9.17, 15) is 0 Å². The van der Waals surface area contributed by atoms with Crippen LogP contribution in [-0.4, -0.2) is 23.9 Å². The predicted octanol–water partition coefficient (Wildman–Crippen LogP) is 4.25. The van der Waals surface area contributed by atoms with Crippen molar-refractivity contribution in [2.24, 2.45) is 0 Å². The van der Waals surface area contributed by atoms with E-state index in [1.165, 1.54) is 5.56 Å². The molecule has 0 aliphatic carbocycles. The second-order valence-corrected chi connectivity index (χ2v) is 6.77. The Balaban J connectivity index is 2.79. The first-order valence-electron chi connectivity index (χ1n) is 6.92. The molecule has 114 valence electrons. The van der Waals surface area contributed by atoms with E-state index < -0.39 is 0 Å². The minimum Gasteiger partial charge on any atom is -0.492 e. The fraction of sp³-hybridized carbons (Fsp3) is 0.600. The van der Waals surface area contributed by atoms with Gasteiger partial charge in [-0.2, -0.15) is 0 Å². The Morgan fingerprint density at radius 1 is 1.25 bits per heavy atom. The number of halogens is 2. The van der Waals surface area contributed by atoms with Gasteiger partial charge in [0.2, 0.25) is 0 Å². The van der Waals surface area contributed by atoms with Gasteiger partial charge in [0.05, 0.1) is 15.6 Å². The summed E-state index contributed by atoms with van der Waals surface area (Å²) in [6, 6.07) is 4.13. The second kappa shape index (κ2) is 8.37. The van der Waals surface area contributed by atoms with E-state index in [2.05, 4.69) is 63.2 Å². The highest BCUT2D eigenvalue weighted by Gasteiger charge is 2.20. The van der Waals surface area contributed by atoms with Gasteiger partial charge < -0.3 is 15.2 Å². The molecular weight excluding hydrogens is 386 g/mol. The third-order valence-electron chi connectivity index (χ3n) is 3.51. The number of benzene rings is 1. The predicted molar refractivity (Wildman–Crippen MR) is 90.2 cm³/mol. The van der Waals surface area contributed by atoms with Crippen molar-refractivity contribution in [2.75, 3.05) is 13.2 Å². The summed E-state index contributed by atoms with van der Waals surface area (Å²) in [5.41, 5.74) is 1.14. The molecule has 20 heavy (non-hydrogen) atoms. The van der Waals surface area contributed by atoms with Crippen LogP contribution < -0.4 is 10.1 Å². The first-order valence-corrected chi connectivity index (χ1v) is 8.51. The molecule has 1 rings (SSSR count). The Labute approximate surface area is 138 Å². The number of nitrogens with one attached hydrogen (secondary N) is 1. The van der Waals surface area contributed by atoms with Gasteiger partial charge in [-0.05, 0) is 76.2 Å². The zero-order chi connectivity index (χ0) is 15.2. The minimum absolute atomic E-state index is 0.0354. The second-order valence-electron chi connectivity index (χ2n) is 5.06. The molecule has 5 heteroatoms. The van der Waals surface area contributed by atoms with Crippen molar-refractivity contribution in [2.45, 2.75) is 45.7 Å². The summed E-state index contributed by atoms with van der Waals surface area (Å²) in [5.74, 6) is 0.838. The average molecular weight is 409 g/mol. The molecular formula is C15H23Br2NO2. The van der Waals surface area contributed by atoms with Gasteiger partial charge in [0.15, 0.2) is 0 Å². The van der Waals surface area contributed by atoms with Crippen molar-refractivity contribution < 1.29 is 9.84 Å². The van der Waals surface area contributed by atoms with E-state index in [-0.39, 0.29) is 12.1 Å². The van der Waals surface area contributed by atoms with Crippen LogP contribution in [0.25, 0.3) is 0 Å². The summed E-state index contributed by atoms with van der Waals surface area (Å²) in [4.78, 5) is 0. The van der Waals surface area contributed by atoms with Crippen molar-refractivity contribution in [1.82, 2.24) is 5.32 Å². The van der Waals surface area contributed by atoms with Crippen molar-refractivity contribution >= 4 is 31.9 Å². The maximum absolute atomic E-state index is 9.14. The molecule has 1 atom stereocenters. The number of hydrogen-bond acceptors (Lipinski definition) is 3. The van der Waals surface area contributed by atoms with Gasteiger partial charge in [0, 0.05) is 18.7 Å². The fourth-order valence-electron chi connectivity index (χ4n) is 1.95. The number of ether oxygens (including phenoxy) is 1. The Bertz CT molecular complexity index is 417. The molecule has 0 aliphatic rings. The molecule has 3 nitrogen and oxygen atoms in total. The number of aliphatic hydroxyl groups is 1. The maximum Gasteiger partial charge on any atom is 0.147 e. The van der Waals surface area contributed by atoms with Crippen LogP contribution in [0, 0.1) is 0 Å². The first kappa shape index (κ1) is 18.0. The van der Waals surface area contributed by atoms with Crippen LogP contribution in [0.1, 0.15) is 39.2 Å². The van der Waals surface area contributed by atoms with Gasteiger partial charge in [0.25, 0.3) is 0 Å².